The van der Waals surface area contributed by atoms with Crippen molar-refractivity contribution < 1.29 is 19.0 Å². The van der Waals surface area contributed by atoms with Crippen LogP contribution < -0.4 is 19.5 Å². The van der Waals surface area contributed by atoms with E-state index in [1.807, 2.05) is 18.2 Å². The molecule has 0 aromatic heterocycles. The first-order chi connectivity index (χ1) is 12.8. The monoisotopic (exact) mass is 371 g/mol. The second-order valence-corrected chi connectivity index (χ2v) is 7.32. The molecule has 0 unspecified atom stereocenters. The van der Waals surface area contributed by atoms with E-state index >= 15 is 0 Å². The molecule has 0 aliphatic heterocycles. The highest BCUT2D eigenvalue weighted by atomic mass is 16.5. The summed E-state index contributed by atoms with van der Waals surface area (Å²) in [5.74, 6) is 2.03. The van der Waals surface area contributed by atoms with Crippen LogP contribution in [0.1, 0.15) is 33.3 Å². The second-order valence-electron chi connectivity index (χ2n) is 7.32. The van der Waals surface area contributed by atoms with Gasteiger partial charge in [0.05, 0.1) is 13.7 Å². The lowest BCUT2D eigenvalue weighted by Crippen LogP contribution is -2.38. The minimum absolute atomic E-state index is 0.000556. The molecular weight excluding hydrogens is 342 g/mol. The van der Waals surface area contributed by atoms with E-state index in [2.05, 4.69) is 32.2 Å². The standard InChI is InChI=1S/C22H29NO4/c1-16(27-18-12-10-17(25-5)11-13-18)21(24)23-14-15-26-20-9-7-6-8-19(20)22(2,3)4/h6-13,16H,14-15H2,1-5H3,(H,23,24)/t16-/m0/s1. The summed E-state index contributed by atoms with van der Waals surface area (Å²) in [5.41, 5.74) is 1.15. The summed E-state index contributed by atoms with van der Waals surface area (Å²) in [6.45, 7) is 8.97. The average molecular weight is 371 g/mol. The zero-order valence-corrected chi connectivity index (χ0v) is 16.7. The smallest absolute Gasteiger partial charge is 0.260 e. The zero-order chi connectivity index (χ0) is 19.9. The van der Waals surface area contributed by atoms with Gasteiger partial charge < -0.3 is 19.5 Å². The number of amides is 1. The first-order valence-corrected chi connectivity index (χ1v) is 9.12. The van der Waals surface area contributed by atoms with Gasteiger partial charge in [-0.25, -0.2) is 0 Å². The van der Waals surface area contributed by atoms with E-state index in [1.165, 1.54) is 0 Å². The van der Waals surface area contributed by atoms with Gasteiger partial charge in [-0.1, -0.05) is 39.0 Å². The third kappa shape index (κ3) is 6.20. The van der Waals surface area contributed by atoms with Crippen molar-refractivity contribution in [3.8, 4) is 17.2 Å². The molecule has 2 aromatic rings. The Balaban J connectivity index is 1.79. The predicted octanol–water partition coefficient (Wildman–Crippen LogP) is 3.96. The number of carbonyl (C=O) groups is 1. The number of hydrogen-bond donors (Lipinski definition) is 1. The molecule has 27 heavy (non-hydrogen) atoms. The van der Waals surface area contributed by atoms with Gasteiger partial charge in [0.2, 0.25) is 0 Å². The Labute approximate surface area is 161 Å². The summed E-state index contributed by atoms with van der Waals surface area (Å²) in [7, 11) is 1.61. The van der Waals surface area contributed by atoms with Gasteiger partial charge in [-0.2, -0.15) is 0 Å². The number of hydrogen-bond acceptors (Lipinski definition) is 4. The van der Waals surface area contributed by atoms with Crippen LogP contribution in [0.3, 0.4) is 0 Å². The molecule has 0 spiro atoms. The third-order valence-corrected chi connectivity index (χ3v) is 4.10. The molecule has 0 aliphatic carbocycles. The number of para-hydroxylation sites is 1. The minimum Gasteiger partial charge on any atom is -0.497 e. The second kappa shape index (κ2) is 9.31. The lowest BCUT2D eigenvalue weighted by molar-refractivity contribution is -0.127. The number of ether oxygens (including phenoxy) is 3. The Bertz CT molecular complexity index is 735. The molecule has 2 aromatic carbocycles. The Kier molecular flexibility index (Phi) is 7.11. The summed E-state index contributed by atoms with van der Waals surface area (Å²) in [5, 5.41) is 2.84. The molecule has 0 saturated carbocycles. The maximum absolute atomic E-state index is 12.2. The lowest BCUT2D eigenvalue weighted by Gasteiger charge is -2.22. The summed E-state index contributed by atoms with van der Waals surface area (Å²) < 4.78 is 16.6. The van der Waals surface area contributed by atoms with Gasteiger partial charge in [0.15, 0.2) is 6.10 Å². The van der Waals surface area contributed by atoms with Crippen LogP contribution in [0.15, 0.2) is 48.5 Å². The van der Waals surface area contributed by atoms with Crippen LogP contribution in [0.2, 0.25) is 0 Å². The predicted molar refractivity (Wildman–Crippen MR) is 107 cm³/mol. The van der Waals surface area contributed by atoms with Gasteiger partial charge >= 0.3 is 0 Å². The third-order valence-electron chi connectivity index (χ3n) is 4.10. The fourth-order valence-electron chi connectivity index (χ4n) is 2.60. The molecule has 2 rings (SSSR count). The van der Waals surface area contributed by atoms with Gasteiger partial charge in [-0.3, -0.25) is 4.79 Å². The lowest BCUT2D eigenvalue weighted by atomic mass is 9.86. The van der Waals surface area contributed by atoms with E-state index in [0.29, 0.717) is 18.9 Å². The van der Waals surface area contributed by atoms with Gasteiger partial charge in [-0.05, 0) is 48.2 Å². The first-order valence-electron chi connectivity index (χ1n) is 9.12. The molecule has 0 aliphatic rings. The van der Waals surface area contributed by atoms with Crippen LogP contribution in [-0.2, 0) is 10.2 Å². The van der Waals surface area contributed by atoms with Gasteiger partial charge in [0, 0.05) is 0 Å². The van der Waals surface area contributed by atoms with Crippen molar-refractivity contribution in [2.24, 2.45) is 0 Å². The molecule has 5 heteroatoms. The Morgan fingerprint density at radius 1 is 1.04 bits per heavy atom. The number of methoxy groups -OCH3 is 1. The SMILES string of the molecule is COc1ccc(O[C@@H](C)C(=O)NCCOc2ccccc2C(C)(C)C)cc1. The quantitative estimate of drug-likeness (QED) is 0.714. The van der Waals surface area contributed by atoms with E-state index in [4.69, 9.17) is 14.2 Å². The number of benzene rings is 2. The Morgan fingerprint density at radius 2 is 1.67 bits per heavy atom. The largest absolute Gasteiger partial charge is 0.497 e. The van der Waals surface area contributed by atoms with Crippen LogP contribution in [0.25, 0.3) is 0 Å². The maximum Gasteiger partial charge on any atom is 0.260 e. The Morgan fingerprint density at radius 3 is 2.30 bits per heavy atom. The van der Waals surface area contributed by atoms with Crippen LogP contribution in [0.5, 0.6) is 17.2 Å². The van der Waals surface area contributed by atoms with E-state index in [9.17, 15) is 4.79 Å². The highest BCUT2D eigenvalue weighted by molar-refractivity contribution is 5.80. The summed E-state index contributed by atoms with van der Waals surface area (Å²) in [6.07, 6.45) is -0.597. The van der Waals surface area contributed by atoms with Crippen LogP contribution in [-0.4, -0.2) is 32.3 Å². The molecule has 0 saturated heterocycles. The average Bonchev–Trinajstić information content (AvgIpc) is 2.65. The van der Waals surface area contributed by atoms with E-state index in [-0.39, 0.29) is 11.3 Å². The molecule has 146 valence electrons. The number of rotatable bonds is 8. The summed E-state index contributed by atoms with van der Waals surface area (Å²) in [6, 6.07) is 15.1. The number of nitrogens with one attached hydrogen (secondary N) is 1. The molecule has 0 radical (unpaired) electrons. The van der Waals surface area contributed by atoms with Gasteiger partial charge in [0.1, 0.15) is 23.9 Å². The molecule has 0 heterocycles. The molecular formula is C22H29NO4. The van der Waals surface area contributed by atoms with E-state index in [0.717, 1.165) is 17.1 Å². The number of carbonyl (C=O) groups excluding carboxylic acids is 1. The topological polar surface area (TPSA) is 56.8 Å². The van der Waals surface area contributed by atoms with Crippen molar-refractivity contribution >= 4 is 5.91 Å². The fraction of sp³-hybridized carbons (Fsp3) is 0.409. The maximum atomic E-state index is 12.2. The molecule has 0 bridgehead atoms. The van der Waals surface area contributed by atoms with Crippen LogP contribution in [0.4, 0.5) is 0 Å². The molecule has 1 atom stereocenters. The summed E-state index contributed by atoms with van der Waals surface area (Å²) in [4.78, 5) is 12.2. The molecule has 1 amide bonds. The first kappa shape index (κ1) is 20.6. The molecule has 0 fully saturated rings. The van der Waals surface area contributed by atoms with Gasteiger partial charge in [0.25, 0.3) is 5.91 Å². The normalized spacial score (nSPS) is 12.2. The highest BCUT2D eigenvalue weighted by Crippen LogP contribution is 2.30. The van der Waals surface area contributed by atoms with Crippen molar-refractivity contribution in [3.63, 3.8) is 0 Å². The van der Waals surface area contributed by atoms with Crippen molar-refractivity contribution in [2.45, 2.75) is 39.2 Å². The molecule has 5 nitrogen and oxygen atoms in total. The van der Waals surface area contributed by atoms with Crippen molar-refractivity contribution in [1.29, 1.82) is 0 Å². The van der Waals surface area contributed by atoms with Crippen molar-refractivity contribution in [1.82, 2.24) is 5.32 Å². The Hall–Kier alpha value is -2.69. The fourth-order valence-corrected chi connectivity index (χ4v) is 2.60. The van der Waals surface area contributed by atoms with E-state index in [1.54, 1.807) is 38.3 Å². The summed E-state index contributed by atoms with van der Waals surface area (Å²) >= 11 is 0. The van der Waals surface area contributed by atoms with Crippen LogP contribution in [0, 0.1) is 0 Å². The van der Waals surface area contributed by atoms with Crippen molar-refractivity contribution in [3.05, 3.63) is 54.1 Å². The zero-order valence-electron chi connectivity index (χ0n) is 16.7. The molecule has 1 N–H and O–H groups in total. The van der Waals surface area contributed by atoms with Crippen molar-refractivity contribution in [2.75, 3.05) is 20.3 Å². The highest BCUT2D eigenvalue weighted by Gasteiger charge is 2.18. The minimum atomic E-state index is -0.597. The van der Waals surface area contributed by atoms with Crippen LogP contribution >= 0.6 is 0 Å². The van der Waals surface area contributed by atoms with E-state index < -0.39 is 6.10 Å². The van der Waals surface area contributed by atoms with Gasteiger partial charge in [-0.15, -0.1) is 0 Å².